The Morgan fingerprint density at radius 3 is 2.06 bits per heavy atom. The fourth-order valence-corrected chi connectivity index (χ4v) is 1.67. The van der Waals surface area contributed by atoms with Crippen molar-refractivity contribution in [1.82, 2.24) is 0 Å². The number of hydrogen-bond donors (Lipinski definition) is 0. The predicted molar refractivity (Wildman–Crippen MR) is 65.6 cm³/mol. The lowest BCUT2D eigenvalue weighted by atomic mass is 9.99. The van der Waals surface area contributed by atoms with Crippen molar-refractivity contribution in [1.29, 1.82) is 0 Å². The van der Waals surface area contributed by atoms with E-state index in [2.05, 4.69) is 26.0 Å². The first-order chi connectivity index (χ1) is 7.56. The van der Waals surface area contributed by atoms with Gasteiger partial charge in [0, 0.05) is 6.61 Å². The van der Waals surface area contributed by atoms with Crippen LogP contribution in [0.25, 0.3) is 0 Å². The van der Waals surface area contributed by atoms with Gasteiger partial charge in [-0.1, -0.05) is 38.1 Å². The maximum Gasteiger partial charge on any atom is 0.163 e. The first-order valence-electron chi connectivity index (χ1n) is 5.78. The van der Waals surface area contributed by atoms with Crippen LogP contribution in [-0.2, 0) is 9.53 Å². The largest absolute Gasteiger partial charge is 0.366 e. The highest BCUT2D eigenvalue weighted by atomic mass is 16.5. The Labute approximate surface area is 97.6 Å². The van der Waals surface area contributed by atoms with Gasteiger partial charge in [0.05, 0.1) is 0 Å². The molecule has 88 valence electrons. The van der Waals surface area contributed by atoms with E-state index < -0.39 is 6.10 Å². The van der Waals surface area contributed by atoms with Crippen molar-refractivity contribution >= 4 is 5.78 Å². The number of benzene rings is 1. The van der Waals surface area contributed by atoms with Crippen molar-refractivity contribution in [2.75, 3.05) is 6.61 Å². The lowest BCUT2D eigenvalue weighted by molar-refractivity contribution is -0.128. The highest BCUT2D eigenvalue weighted by Crippen LogP contribution is 2.21. The molecule has 16 heavy (non-hydrogen) atoms. The SMILES string of the molecule is CCOC(C(C)=O)c1ccc(C(C)C)cc1. The van der Waals surface area contributed by atoms with E-state index in [4.69, 9.17) is 4.74 Å². The number of ketones is 1. The molecule has 2 nitrogen and oxygen atoms in total. The topological polar surface area (TPSA) is 26.3 Å². The van der Waals surface area contributed by atoms with Crippen LogP contribution in [0.5, 0.6) is 0 Å². The highest BCUT2D eigenvalue weighted by molar-refractivity contribution is 5.81. The molecule has 0 radical (unpaired) electrons. The van der Waals surface area contributed by atoms with Gasteiger partial charge in [-0.15, -0.1) is 0 Å². The monoisotopic (exact) mass is 220 g/mol. The summed E-state index contributed by atoms with van der Waals surface area (Å²) in [5.74, 6) is 0.566. The van der Waals surface area contributed by atoms with Gasteiger partial charge in [-0.3, -0.25) is 4.79 Å². The molecule has 0 amide bonds. The van der Waals surface area contributed by atoms with Crippen LogP contribution in [0.15, 0.2) is 24.3 Å². The summed E-state index contributed by atoms with van der Waals surface area (Å²) in [6.45, 7) is 8.32. The molecule has 0 saturated carbocycles. The molecule has 0 aliphatic rings. The van der Waals surface area contributed by atoms with Gasteiger partial charge in [0.2, 0.25) is 0 Å². The molecule has 1 aromatic carbocycles. The summed E-state index contributed by atoms with van der Waals surface area (Å²) in [6.07, 6.45) is -0.411. The first-order valence-corrected chi connectivity index (χ1v) is 5.78. The standard InChI is InChI=1S/C14H20O2/c1-5-16-14(11(4)15)13-8-6-12(7-9-13)10(2)3/h6-10,14H,5H2,1-4H3. The third-order valence-electron chi connectivity index (χ3n) is 2.61. The van der Waals surface area contributed by atoms with Crippen molar-refractivity contribution in [3.05, 3.63) is 35.4 Å². The van der Waals surface area contributed by atoms with Crippen LogP contribution in [0, 0.1) is 0 Å². The first kappa shape index (κ1) is 12.9. The summed E-state index contributed by atoms with van der Waals surface area (Å²) in [6, 6.07) is 8.10. The molecule has 1 atom stereocenters. The molecular formula is C14H20O2. The molecule has 0 aliphatic heterocycles. The van der Waals surface area contributed by atoms with E-state index in [0.29, 0.717) is 12.5 Å². The molecule has 0 aliphatic carbocycles. The fourth-order valence-electron chi connectivity index (χ4n) is 1.67. The van der Waals surface area contributed by atoms with Gasteiger partial charge in [-0.2, -0.15) is 0 Å². The minimum atomic E-state index is -0.411. The summed E-state index contributed by atoms with van der Waals surface area (Å²) >= 11 is 0. The van der Waals surface area contributed by atoms with Crippen LogP contribution in [-0.4, -0.2) is 12.4 Å². The number of ether oxygens (including phenoxy) is 1. The second-order valence-corrected chi connectivity index (χ2v) is 4.27. The molecule has 0 saturated heterocycles. The number of hydrogen-bond acceptors (Lipinski definition) is 2. The van der Waals surface area contributed by atoms with Crippen molar-refractivity contribution in [3.8, 4) is 0 Å². The zero-order valence-electron chi connectivity index (χ0n) is 10.5. The highest BCUT2D eigenvalue weighted by Gasteiger charge is 2.16. The fraction of sp³-hybridized carbons (Fsp3) is 0.500. The van der Waals surface area contributed by atoms with E-state index in [1.54, 1.807) is 6.92 Å². The average Bonchev–Trinajstić information content (AvgIpc) is 2.25. The molecule has 0 fully saturated rings. The lowest BCUT2D eigenvalue weighted by Gasteiger charge is -2.15. The summed E-state index contributed by atoms with van der Waals surface area (Å²) < 4.78 is 5.44. The van der Waals surface area contributed by atoms with Crippen LogP contribution < -0.4 is 0 Å². The van der Waals surface area contributed by atoms with E-state index >= 15 is 0 Å². The Morgan fingerprint density at radius 1 is 1.19 bits per heavy atom. The summed E-state index contributed by atoms with van der Waals surface area (Å²) in [7, 11) is 0. The molecule has 0 bridgehead atoms. The minimum absolute atomic E-state index is 0.0548. The van der Waals surface area contributed by atoms with Gasteiger partial charge in [0.25, 0.3) is 0 Å². The van der Waals surface area contributed by atoms with E-state index in [0.717, 1.165) is 5.56 Å². The third kappa shape index (κ3) is 3.17. The third-order valence-corrected chi connectivity index (χ3v) is 2.61. The number of Topliss-reactive ketones (excluding diaryl/α,β-unsaturated/α-hetero) is 1. The molecule has 1 unspecified atom stereocenters. The number of rotatable bonds is 5. The number of carbonyl (C=O) groups excluding carboxylic acids is 1. The normalized spacial score (nSPS) is 12.8. The van der Waals surface area contributed by atoms with Crippen LogP contribution in [0.2, 0.25) is 0 Å². The van der Waals surface area contributed by atoms with Gasteiger partial charge in [0.15, 0.2) is 5.78 Å². The summed E-state index contributed by atoms with van der Waals surface area (Å²) in [5, 5.41) is 0. The summed E-state index contributed by atoms with van der Waals surface area (Å²) in [4.78, 5) is 11.4. The molecular weight excluding hydrogens is 200 g/mol. The second-order valence-electron chi connectivity index (χ2n) is 4.27. The predicted octanol–water partition coefficient (Wildman–Crippen LogP) is 3.48. The quantitative estimate of drug-likeness (QED) is 0.759. The molecule has 1 aromatic rings. The van der Waals surface area contributed by atoms with Crippen molar-refractivity contribution in [3.63, 3.8) is 0 Å². The van der Waals surface area contributed by atoms with Crippen molar-refractivity contribution < 1.29 is 9.53 Å². The van der Waals surface area contributed by atoms with Crippen molar-refractivity contribution in [2.45, 2.75) is 39.7 Å². The van der Waals surface area contributed by atoms with Gasteiger partial charge < -0.3 is 4.74 Å². The molecule has 0 spiro atoms. The zero-order valence-corrected chi connectivity index (χ0v) is 10.5. The van der Waals surface area contributed by atoms with Gasteiger partial charge in [-0.05, 0) is 30.9 Å². The summed E-state index contributed by atoms with van der Waals surface area (Å²) in [5.41, 5.74) is 2.22. The van der Waals surface area contributed by atoms with E-state index in [9.17, 15) is 4.79 Å². The van der Waals surface area contributed by atoms with Crippen LogP contribution in [0.4, 0.5) is 0 Å². The average molecular weight is 220 g/mol. The van der Waals surface area contributed by atoms with Crippen LogP contribution in [0.1, 0.15) is 50.8 Å². The Balaban J connectivity index is 2.89. The molecule has 0 N–H and O–H groups in total. The molecule has 1 rings (SSSR count). The Hall–Kier alpha value is -1.15. The van der Waals surface area contributed by atoms with Gasteiger partial charge >= 0.3 is 0 Å². The van der Waals surface area contributed by atoms with Crippen LogP contribution >= 0.6 is 0 Å². The van der Waals surface area contributed by atoms with Crippen molar-refractivity contribution in [2.24, 2.45) is 0 Å². The molecule has 2 heteroatoms. The van der Waals surface area contributed by atoms with Crippen LogP contribution in [0.3, 0.4) is 0 Å². The zero-order chi connectivity index (χ0) is 12.1. The Morgan fingerprint density at radius 2 is 1.69 bits per heavy atom. The Kier molecular flexibility index (Phi) is 4.69. The maximum atomic E-state index is 11.4. The lowest BCUT2D eigenvalue weighted by Crippen LogP contribution is -2.12. The van der Waals surface area contributed by atoms with Gasteiger partial charge in [-0.25, -0.2) is 0 Å². The second kappa shape index (κ2) is 5.80. The minimum Gasteiger partial charge on any atom is -0.366 e. The van der Waals surface area contributed by atoms with E-state index in [-0.39, 0.29) is 5.78 Å². The van der Waals surface area contributed by atoms with E-state index in [1.807, 2.05) is 19.1 Å². The smallest absolute Gasteiger partial charge is 0.163 e. The maximum absolute atomic E-state index is 11.4. The number of carbonyl (C=O) groups is 1. The van der Waals surface area contributed by atoms with Gasteiger partial charge in [0.1, 0.15) is 6.10 Å². The molecule has 0 aromatic heterocycles. The molecule has 0 heterocycles. The van der Waals surface area contributed by atoms with E-state index in [1.165, 1.54) is 5.56 Å². The Bertz CT molecular complexity index is 338.